The molecule has 0 bridgehead atoms. The van der Waals surface area contributed by atoms with Gasteiger partial charge in [-0.2, -0.15) is 0 Å². The van der Waals surface area contributed by atoms with Crippen LogP contribution in [0.4, 0.5) is 0 Å². The minimum absolute atomic E-state index is 0.240. The lowest BCUT2D eigenvalue weighted by Gasteiger charge is -2.11. The Bertz CT molecular complexity index is 503. The van der Waals surface area contributed by atoms with Crippen molar-refractivity contribution >= 4 is 18.0 Å². The molecule has 0 aliphatic rings. The topological polar surface area (TPSA) is 72.8 Å². The van der Waals surface area contributed by atoms with Crippen molar-refractivity contribution in [2.24, 2.45) is 5.92 Å². The van der Waals surface area contributed by atoms with Gasteiger partial charge in [0, 0.05) is 6.08 Å². The number of hydrogen-bond donors (Lipinski definition) is 1. The van der Waals surface area contributed by atoms with E-state index in [1.54, 1.807) is 32.0 Å². The van der Waals surface area contributed by atoms with Crippen LogP contribution in [-0.4, -0.2) is 24.2 Å². The second-order valence-electron chi connectivity index (χ2n) is 4.16. The predicted octanol–water partition coefficient (Wildman–Crippen LogP) is 2.35. The largest absolute Gasteiger partial charge is 0.493 e. The van der Waals surface area contributed by atoms with Crippen molar-refractivity contribution in [1.82, 2.24) is 0 Å². The fraction of sp³-hybridized carbons (Fsp3) is 0.286. The highest BCUT2D eigenvalue weighted by Gasteiger charge is 2.13. The third-order valence-electron chi connectivity index (χ3n) is 2.29. The molecule has 0 heterocycles. The number of aliphatic carboxylic acids is 1. The number of carbonyl (C=O) groups excluding carboxylic acids is 1. The third-order valence-corrected chi connectivity index (χ3v) is 2.29. The van der Waals surface area contributed by atoms with Gasteiger partial charge in [0.25, 0.3) is 0 Å². The molecule has 19 heavy (non-hydrogen) atoms. The second kappa shape index (κ2) is 6.58. The molecule has 1 aromatic carbocycles. The smallest absolute Gasteiger partial charge is 0.328 e. The maximum Gasteiger partial charge on any atom is 0.328 e. The van der Waals surface area contributed by atoms with E-state index in [0.717, 1.165) is 6.08 Å². The number of rotatable bonds is 5. The van der Waals surface area contributed by atoms with Crippen LogP contribution in [0.5, 0.6) is 11.5 Å². The third kappa shape index (κ3) is 4.46. The average Bonchev–Trinajstić information content (AvgIpc) is 2.37. The second-order valence-corrected chi connectivity index (χ2v) is 4.16. The van der Waals surface area contributed by atoms with Crippen LogP contribution >= 0.6 is 0 Å². The quantitative estimate of drug-likeness (QED) is 0.502. The lowest BCUT2D eigenvalue weighted by atomic mass is 10.2. The first-order chi connectivity index (χ1) is 8.93. The number of ether oxygens (including phenoxy) is 2. The summed E-state index contributed by atoms with van der Waals surface area (Å²) in [4.78, 5) is 21.9. The number of methoxy groups -OCH3 is 1. The lowest BCUT2D eigenvalue weighted by Crippen LogP contribution is -2.15. The summed E-state index contributed by atoms with van der Waals surface area (Å²) in [5.41, 5.74) is 0.642. The Hall–Kier alpha value is -2.30. The zero-order valence-electron chi connectivity index (χ0n) is 11.0. The van der Waals surface area contributed by atoms with Crippen molar-refractivity contribution in [2.75, 3.05) is 7.11 Å². The number of carbonyl (C=O) groups is 2. The van der Waals surface area contributed by atoms with Gasteiger partial charge in [-0.3, -0.25) is 4.79 Å². The van der Waals surface area contributed by atoms with Gasteiger partial charge in [0.15, 0.2) is 11.5 Å². The molecule has 0 radical (unpaired) electrons. The van der Waals surface area contributed by atoms with E-state index in [-0.39, 0.29) is 11.9 Å². The molecule has 0 atom stereocenters. The number of carboxylic acids is 1. The molecule has 1 rings (SSSR count). The fourth-order valence-corrected chi connectivity index (χ4v) is 1.27. The van der Waals surface area contributed by atoms with Crippen LogP contribution in [0.3, 0.4) is 0 Å². The highest BCUT2D eigenvalue weighted by Crippen LogP contribution is 2.29. The molecule has 102 valence electrons. The zero-order chi connectivity index (χ0) is 14.4. The Kier molecular flexibility index (Phi) is 5.11. The molecular weight excluding hydrogens is 248 g/mol. The normalized spacial score (nSPS) is 10.7. The number of hydrogen-bond acceptors (Lipinski definition) is 4. The van der Waals surface area contributed by atoms with Crippen LogP contribution in [0, 0.1) is 5.92 Å². The Morgan fingerprint density at radius 3 is 2.47 bits per heavy atom. The highest BCUT2D eigenvalue weighted by molar-refractivity contribution is 5.85. The zero-order valence-corrected chi connectivity index (χ0v) is 11.0. The van der Waals surface area contributed by atoms with Crippen molar-refractivity contribution in [3.63, 3.8) is 0 Å². The van der Waals surface area contributed by atoms with E-state index in [2.05, 4.69) is 0 Å². The molecule has 1 aromatic rings. The van der Waals surface area contributed by atoms with Gasteiger partial charge in [-0.05, 0) is 23.8 Å². The maximum absolute atomic E-state index is 11.5. The number of esters is 1. The monoisotopic (exact) mass is 264 g/mol. The molecule has 0 aromatic heterocycles. The van der Waals surface area contributed by atoms with E-state index in [4.69, 9.17) is 14.6 Å². The highest BCUT2D eigenvalue weighted by atomic mass is 16.6. The molecule has 0 amide bonds. The molecule has 5 nitrogen and oxygen atoms in total. The van der Waals surface area contributed by atoms with Gasteiger partial charge in [0.05, 0.1) is 13.0 Å². The van der Waals surface area contributed by atoms with Gasteiger partial charge in [-0.15, -0.1) is 0 Å². The van der Waals surface area contributed by atoms with Crippen LogP contribution in [0.1, 0.15) is 19.4 Å². The van der Waals surface area contributed by atoms with Crippen molar-refractivity contribution in [2.45, 2.75) is 13.8 Å². The average molecular weight is 264 g/mol. The van der Waals surface area contributed by atoms with Crippen LogP contribution in [-0.2, 0) is 9.59 Å². The van der Waals surface area contributed by atoms with E-state index >= 15 is 0 Å². The summed E-state index contributed by atoms with van der Waals surface area (Å²) in [6, 6.07) is 4.81. The maximum atomic E-state index is 11.5. The van der Waals surface area contributed by atoms with Crippen molar-refractivity contribution in [3.05, 3.63) is 29.8 Å². The first kappa shape index (κ1) is 14.8. The SMILES string of the molecule is COc1cc(/C=C/C(=O)O)ccc1OC(=O)C(C)C. The van der Waals surface area contributed by atoms with Crippen molar-refractivity contribution < 1.29 is 24.2 Å². The van der Waals surface area contributed by atoms with Gasteiger partial charge in [-0.25, -0.2) is 4.79 Å². The molecular formula is C14H16O5. The standard InChI is InChI=1S/C14H16O5/c1-9(2)14(17)19-11-6-4-10(5-7-13(15)16)8-12(11)18-3/h4-9H,1-3H3,(H,15,16)/b7-5+. The fourth-order valence-electron chi connectivity index (χ4n) is 1.27. The van der Waals surface area contributed by atoms with E-state index < -0.39 is 5.97 Å². The summed E-state index contributed by atoms with van der Waals surface area (Å²) in [5.74, 6) is -0.937. The first-order valence-corrected chi connectivity index (χ1v) is 5.74. The Morgan fingerprint density at radius 2 is 1.95 bits per heavy atom. The van der Waals surface area contributed by atoms with E-state index in [0.29, 0.717) is 17.1 Å². The van der Waals surface area contributed by atoms with Crippen LogP contribution in [0.25, 0.3) is 6.08 Å². The Morgan fingerprint density at radius 1 is 1.26 bits per heavy atom. The van der Waals surface area contributed by atoms with Crippen molar-refractivity contribution in [1.29, 1.82) is 0 Å². The molecule has 0 saturated carbocycles. The predicted molar refractivity (Wildman–Crippen MR) is 70.1 cm³/mol. The summed E-state index contributed by atoms with van der Waals surface area (Å²) in [6.07, 6.45) is 2.45. The lowest BCUT2D eigenvalue weighted by molar-refractivity contribution is -0.138. The minimum Gasteiger partial charge on any atom is -0.493 e. The van der Waals surface area contributed by atoms with Crippen LogP contribution in [0.15, 0.2) is 24.3 Å². The summed E-state index contributed by atoms with van der Waals surface area (Å²) < 4.78 is 10.3. The van der Waals surface area contributed by atoms with Crippen LogP contribution in [0.2, 0.25) is 0 Å². The number of benzene rings is 1. The molecule has 0 aliphatic carbocycles. The molecule has 0 unspecified atom stereocenters. The van der Waals surface area contributed by atoms with Gasteiger partial charge >= 0.3 is 11.9 Å². The summed E-state index contributed by atoms with van der Waals surface area (Å²) >= 11 is 0. The Labute approximate surface area is 111 Å². The molecule has 0 saturated heterocycles. The number of carboxylic acid groups (broad SMARTS) is 1. The van der Waals surface area contributed by atoms with Gasteiger partial charge in [0.2, 0.25) is 0 Å². The summed E-state index contributed by atoms with van der Waals surface area (Å²) in [7, 11) is 1.45. The summed E-state index contributed by atoms with van der Waals surface area (Å²) in [6.45, 7) is 3.47. The van der Waals surface area contributed by atoms with Gasteiger partial charge in [-0.1, -0.05) is 19.9 Å². The van der Waals surface area contributed by atoms with E-state index in [9.17, 15) is 9.59 Å². The molecule has 5 heteroatoms. The van der Waals surface area contributed by atoms with Crippen molar-refractivity contribution in [3.8, 4) is 11.5 Å². The molecule has 0 spiro atoms. The minimum atomic E-state index is -1.03. The molecule has 1 N–H and O–H groups in total. The van der Waals surface area contributed by atoms with Crippen LogP contribution < -0.4 is 9.47 Å². The van der Waals surface area contributed by atoms with Gasteiger partial charge < -0.3 is 14.6 Å². The molecule has 0 aliphatic heterocycles. The van der Waals surface area contributed by atoms with Gasteiger partial charge in [0.1, 0.15) is 0 Å². The summed E-state index contributed by atoms with van der Waals surface area (Å²) in [5, 5.41) is 8.55. The Balaban J connectivity index is 2.96. The molecule has 0 fully saturated rings. The van der Waals surface area contributed by atoms with E-state index in [1.165, 1.54) is 13.2 Å². The first-order valence-electron chi connectivity index (χ1n) is 5.74. The van der Waals surface area contributed by atoms with E-state index in [1.807, 2.05) is 0 Å².